The molecule has 2 aromatic heterocycles. The molecule has 3 aromatic rings. The Morgan fingerprint density at radius 2 is 1.75 bits per heavy atom. The van der Waals surface area contributed by atoms with Gasteiger partial charge in [0.05, 0.1) is 0 Å². The summed E-state index contributed by atoms with van der Waals surface area (Å²) in [6.45, 7) is 0.752. The Labute approximate surface area is 116 Å². The first-order valence-electron chi connectivity index (χ1n) is 6.43. The molecule has 5 heteroatoms. The average Bonchev–Trinajstić information content (AvgIpc) is 2.98. The standard InChI is InChI=1S/C15H14N4O/c1-2-4-13(5-3-1)17-11-8-14-18-19-15(20-14)12-6-9-16-10-7-12/h1-7,9-10,17H,8,11H2. The zero-order valence-electron chi connectivity index (χ0n) is 10.9. The monoisotopic (exact) mass is 266 g/mol. The molecule has 0 saturated heterocycles. The summed E-state index contributed by atoms with van der Waals surface area (Å²) in [6, 6.07) is 13.7. The Morgan fingerprint density at radius 1 is 0.950 bits per heavy atom. The summed E-state index contributed by atoms with van der Waals surface area (Å²) in [6.07, 6.45) is 4.10. The summed E-state index contributed by atoms with van der Waals surface area (Å²) >= 11 is 0. The fourth-order valence-corrected chi connectivity index (χ4v) is 1.84. The fraction of sp³-hybridized carbons (Fsp3) is 0.133. The Morgan fingerprint density at radius 3 is 2.55 bits per heavy atom. The second kappa shape index (κ2) is 5.97. The molecule has 5 nitrogen and oxygen atoms in total. The molecule has 100 valence electrons. The van der Waals surface area contributed by atoms with E-state index in [4.69, 9.17) is 4.42 Å². The van der Waals surface area contributed by atoms with Gasteiger partial charge in [-0.15, -0.1) is 10.2 Å². The van der Waals surface area contributed by atoms with Crippen LogP contribution in [0.1, 0.15) is 5.89 Å². The van der Waals surface area contributed by atoms with Crippen molar-refractivity contribution in [2.24, 2.45) is 0 Å². The number of aromatic nitrogens is 3. The third-order valence-corrected chi connectivity index (χ3v) is 2.84. The first-order chi connectivity index (χ1) is 9.92. The van der Waals surface area contributed by atoms with Crippen LogP contribution in [-0.4, -0.2) is 21.7 Å². The van der Waals surface area contributed by atoms with Crippen molar-refractivity contribution in [3.63, 3.8) is 0 Å². The van der Waals surface area contributed by atoms with E-state index >= 15 is 0 Å². The van der Waals surface area contributed by atoms with Gasteiger partial charge in [0, 0.05) is 36.6 Å². The number of pyridine rings is 1. The molecular weight excluding hydrogens is 252 g/mol. The van der Waals surface area contributed by atoms with E-state index in [1.165, 1.54) is 0 Å². The van der Waals surface area contributed by atoms with Crippen molar-refractivity contribution in [3.8, 4) is 11.5 Å². The van der Waals surface area contributed by atoms with Gasteiger partial charge in [-0.1, -0.05) is 18.2 Å². The number of benzene rings is 1. The van der Waals surface area contributed by atoms with Crippen LogP contribution in [0.4, 0.5) is 5.69 Å². The van der Waals surface area contributed by atoms with E-state index < -0.39 is 0 Å². The van der Waals surface area contributed by atoms with Crippen molar-refractivity contribution >= 4 is 5.69 Å². The van der Waals surface area contributed by atoms with E-state index in [-0.39, 0.29) is 0 Å². The lowest BCUT2D eigenvalue weighted by atomic mass is 10.3. The van der Waals surface area contributed by atoms with Gasteiger partial charge in [-0.25, -0.2) is 0 Å². The normalized spacial score (nSPS) is 10.4. The van der Waals surface area contributed by atoms with Crippen molar-refractivity contribution in [2.75, 3.05) is 11.9 Å². The molecule has 3 rings (SSSR count). The van der Waals surface area contributed by atoms with Crippen LogP contribution in [0.15, 0.2) is 59.3 Å². The van der Waals surface area contributed by atoms with Gasteiger partial charge in [0.15, 0.2) is 0 Å². The quantitative estimate of drug-likeness (QED) is 0.769. The van der Waals surface area contributed by atoms with Gasteiger partial charge < -0.3 is 9.73 Å². The lowest BCUT2D eigenvalue weighted by Gasteiger charge is -2.03. The predicted octanol–water partition coefficient (Wildman–Crippen LogP) is 2.79. The lowest BCUT2D eigenvalue weighted by Crippen LogP contribution is -2.04. The van der Waals surface area contributed by atoms with Crippen molar-refractivity contribution in [1.82, 2.24) is 15.2 Å². The van der Waals surface area contributed by atoms with E-state index in [1.807, 2.05) is 42.5 Å². The summed E-state index contributed by atoms with van der Waals surface area (Å²) in [7, 11) is 0. The van der Waals surface area contributed by atoms with Crippen molar-refractivity contribution in [1.29, 1.82) is 0 Å². The maximum atomic E-state index is 5.62. The first kappa shape index (κ1) is 12.3. The van der Waals surface area contributed by atoms with Crippen LogP contribution in [0, 0.1) is 0 Å². The molecule has 20 heavy (non-hydrogen) atoms. The van der Waals surface area contributed by atoms with Crippen molar-refractivity contribution in [3.05, 3.63) is 60.7 Å². The number of rotatable bonds is 5. The highest BCUT2D eigenvalue weighted by Gasteiger charge is 2.07. The van der Waals surface area contributed by atoms with Crippen LogP contribution < -0.4 is 5.32 Å². The molecule has 0 saturated carbocycles. The SMILES string of the molecule is c1ccc(NCCc2nnc(-c3ccncc3)o2)cc1. The number of hydrogen-bond acceptors (Lipinski definition) is 5. The molecular formula is C15H14N4O. The molecule has 0 spiro atoms. The zero-order valence-corrected chi connectivity index (χ0v) is 10.9. The molecule has 0 amide bonds. The highest BCUT2D eigenvalue weighted by Crippen LogP contribution is 2.16. The van der Waals surface area contributed by atoms with Gasteiger partial charge in [0.2, 0.25) is 11.8 Å². The van der Waals surface area contributed by atoms with Crippen LogP contribution >= 0.6 is 0 Å². The van der Waals surface area contributed by atoms with Gasteiger partial charge in [0.1, 0.15) is 0 Å². The number of nitrogens with zero attached hydrogens (tertiary/aromatic N) is 3. The number of anilines is 1. The number of nitrogens with one attached hydrogen (secondary N) is 1. The maximum Gasteiger partial charge on any atom is 0.247 e. The maximum absolute atomic E-state index is 5.62. The first-order valence-corrected chi connectivity index (χ1v) is 6.43. The summed E-state index contributed by atoms with van der Waals surface area (Å²) in [5.41, 5.74) is 1.97. The van der Waals surface area contributed by atoms with Gasteiger partial charge in [-0.3, -0.25) is 4.98 Å². The van der Waals surface area contributed by atoms with Crippen LogP contribution in [-0.2, 0) is 6.42 Å². The third kappa shape index (κ3) is 3.00. The van der Waals surface area contributed by atoms with Crippen LogP contribution in [0.5, 0.6) is 0 Å². The fourth-order valence-electron chi connectivity index (χ4n) is 1.84. The highest BCUT2D eigenvalue weighted by atomic mass is 16.4. The number of hydrogen-bond donors (Lipinski definition) is 1. The lowest BCUT2D eigenvalue weighted by molar-refractivity contribution is 0.509. The molecule has 0 radical (unpaired) electrons. The Hall–Kier alpha value is -2.69. The Kier molecular flexibility index (Phi) is 3.68. The Balaban J connectivity index is 1.58. The van der Waals surface area contributed by atoms with Crippen molar-refractivity contribution in [2.45, 2.75) is 6.42 Å². The van der Waals surface area contributed by atoms with Crippen LogP contribution in [0.3, 0.4) is 0 Å². The molecule has 1 N–H and O–H groups in total. The summed E-state index contributed by atoms with van der Waals surface area (Å²) < 4.78 is 5.62. The molecule has 0 aliphatic rings. The Bertz CT molecular complexity index is 652. The predicted molar refractivity (Wildman–Crippen MR) is 76.2 cm³/mol. The van der Waals surface area contributed by atoms with E-state index in [2.05, 4.69) is 20.5 Å². The molecule has 0 fully saturated rings. The number of para-hydroxylation sites is 1. The minimum atomic E-state index is 0.530. The minimum Gasteiger partial charge on any atom is -0.421 e. The molecule has 1 aromatic carbocycles. The smallest absolute Gasteiger partial charge is 0.247 e. The summed E-state index contributed by atoms with van der Waals surface area (Å²) in [5.74, 6) is 1.15. The summed E-state index contributed by atoms with van der Waals surface area (Å²) in [5, 5.41) is 11.4. The molecule has 0 atom stereocenters. The van der Waals surface area contributed by atoms with E-state index in [0.29, 0.717) is 18.2 Å². The van der Waals surface area contributed by atoms with E-state index in [0.717, 1.165) is 17.8 Å². The second-order valence-corrected chi connectivity index (χ2v) is 4.28. The average molecular weight is 266 g/mol. The van der Waals surface area contributed by atoms with Crippen LogP contribution in [0.2, 0.25) is 0 Å². The van der Waals surface area contributed by atoms with Gasteiger partial charge in [-0.05, 0) is 24.3 Å². The van der Waals surface area contributed by atoms with E-state index in [9.17, 15) is 0 Å². The topological polar surface area (TPSA) is 63.8 Å². The highest BCUT2D eigenvalue weighted by molar-refractivity contribution is 5.50. The zero-order chi connectivity index (χ0) is 13.6. The van der Waals surface area contributed by atoms with Gasteiger partial charge >= 0.3 is 0 Å². The van der Waals surface area contributed by atoms with Crippen LogP contribution in [0.25, 0.3) is 11.5 Å². The molecule has 0 bridgehead atoms. The second-order valence-electron chi connectivity index (χ2n) is 4.28. The molecule has 0 aliphatic heterocycles. The molecule has 0 aliphatic carbocycles. The largest absolute Gasteiger partial charge is 0.421 e. The minimum absolute atomic E-state index is 0.530. The summed E-state index contributed by atoms with van der Waals surface area (Å²) in [4.78, 5) is 3.96. The van der Waals surface area contributed by atoms with Gasteiger partial charge in [0.25, 0.3) is 0 Å². The molecule has 0 unspecified atom stereocenters. The molecule has 2 heterocycles. The van der Waals surface area contributed by atoms with E-state index in [1.54, 1.807) is 12.4 Å². The third-order valence-electron chi connectivity index (χ3n) is 2.84. The van der Waals surface area contributed by atoms with Crippen molar-refractivity contribution < 1.29 is 4.42 Å². The van der Waals surface area contributed by atoms with Gasteiger partial charge in [-0.2, -0.15) is 0 Å².